The Hall–Kier alpha value is -1.06. The minimum atomic E-state index is -0.0455. The second-order valence-electron chi connectivity index (χ2n) is 4.29. The summed E-state index contributed by atoms with van der Waals surface area (Å²) in [6.45, 7) is 2.49. The van der Waals surface area contributed by atoms with Crippen LogP contribution in [0.1, 0.15) is 23.7 Å². The molecule has 17 heavy (non-hydrogen) atoms. The first-order valence-electron chi connectivity index (χ1n) is 5.61. The molecule has 0 bridgehead atoms. The minimum Gasteiger partial charge on any atom is -0.495 e. The Morgan fingerprint density at radius 2 is 2.29 bits per heavy atom. The molecule has 0 aromatic heterocycles. The monoisotopic (exact) mass is 254 g/mol. The summed E-state index contributed by atoms with van der Waals surface area (Å²) in [5.41, 5.74) is 0.633. The second-order valence-corrected chi connectivity index (χ2v) is 4.70. The number of hydrogen-bond donors (Lipinski definition) is 0. The molecule has 1 aliphatic rings. The molecule has 0 saturated carbocycles. The Morgan fingerprint density at radius 1 is 1.53 bits per heavy atom. The fourth-order valence-electron chi connectivity index (χ4n) is 2.05. The molecule has 2 unspecified atom stereocenters. The van der Waals surface area contributed by atoms with E-state index in [0.29, 0.717) is 22.9 Å². The van der Waals surface area contributed by atoms with Gasteiger partial charge in [-0.2, -0.15) is 0 Å². The smallest absolute Gasteiger partial charge is 0.168 e. The third-order valence-electron chi connectivity index (χ3n) is 3.00. The van der Waals surface area contributed by atoms with Crippen LogP contribution in [0, 0.1) is 5.92 Å². The lowest BCUT2D eigenvalue weighted by atomic mass is 9.95. The summed E-state index contributed by atoms with van der Waals surface area (Å²) in [5, 5.41) is 0.514. The maximum atomic E-state index is 12.2. The van der Waals surface area contributed by atoms with Gasteiger partial charge in [-0.15, -0.1) is 0 Å². The van der Waals surface area contributed by atoms with Gasteiger partial charge in [0.15, 0.2) is 5.78 Å². The van der Waals surface area contributed by atoms with E-state index in [-0.39, 0.29) is 17.8 Å². The zero-order valence-corrected chi connectivity index (χ0v) is 10.7. The Balaban J connectivity index is 2.19. The van der Waals surface area contributed by atoms with Crippen LogP contribution < -0.4 is 4.74 Å². The highest BCUT2D eigenvalue weighted by atomic mass is 35.5. The summed E-state index contributed by atoms with van der Waals surface area (Å²) in [4.78, 5) is 12.2. The average Bonchev–Trinajstić information content (AvgIpc) is 2.75. The summed E-state index contributed by atoms with van der Waals surface area (Å²) < 4.78 is 10.5. The maximum Gasteiger partial charge on any atom is 0.168 e. The van der Waals surface area contributed by atoms with Gasteiger partial charge in [-0.25, -0.2) is 0 Å². The van der Waals surface area contributed by atoms with E-state index in [9.17, 15) is 4.79 Å². The number of carbonyl (C=O) groups is 1. The Bertz CT molecular complexity index is 431. The molecule has 3 nitrogen and oxygen atoms in total. The topological polar surface area (TPSA) is 35.5 Å². The third-order valence-corrected chi connectivity index (χ3v) is 3.32. The van der Waals surface area contributed by atoms with Gasteiger partial charge in [-0.05, 0) is 31.5 Å². The standard InChI is InChI=1S/C13H15ClO3/c1-8-5-10(7-17-8)13(15)9-3-4-11(14)12(6-9)16-2/h3-4,6,8,10H,5,7H2,1-2H3. The van der Waals surface area contributed by atoms with Crippen molar-refractivity contribution in [2.45, 2.75) is 19.4 Å². The number of benzene rings is 1. The van der Waals surface area contributed by atoms with Crippen LogP contribution >= 0.6 is 11.6 Å². The van der Waals surface area contributed by atoms with E-state index in [1.165, 1.54) is 7.11 Å². The molecule has 1 saturated heterocycles. The Morgan fingerprint density at radius 3 is 2.88 bits per heavy atom. The van der Waals surface area contributed by atoms with Crippen molar-refractivity contribution in [3.8, 4) is 5.75 Å². The van der Waals surface area contributed by atoms with E-state index >= 15 is 0 Å². The van der Waals surface area contributed by atoms with Crippen molar-refractivity contribution in [2.75, 3.05) is 13.7 Å². The molecule has 2 rings (SSSR count). The van der Waals surface area contributed by atoms with Crippen molar-refractivity contribution < 1.29 is 14.3 Å². The number of carbonyl (C=O) groups excluding carboxylic acids is 1. The number of hydrogen-bond acceptors (Lipinski definition) is 3. The Labute approximate surface area is 106 Å². The van der Waals surface area contributed by atoms with Crippen LogP contribution in [-0.2, 0) is 4.74 Å². The van der Waals surface area contributed by atoms with Crippen LogP contribution in [-0.4, -0.2) is 25.6 Å². The number of methoxy groups -OCH3 is 1. The van der Waals surface area contributed by atoms with Gasteiger partial charge in [-0.3, -0.25) is 4.79 Å². The predicted octanol–water partition coefficient (Wildman–Crippen LogP) is 2.96. The fourth-order valence-corrected chi connectivity index (χ4v) is 2.24. The highest BCUT2D eigenvalue weighted by Crippen LogP contribution is 2.28. The van der Waals surface area contributed by atoms with E-state index in [2.05, 4.69) is 0 Å². The van der Waals surface area contributed by atoms with Gasteiger partial charge in [0.2, 0.25) is 0 Å². The molecule has 92 valence electrons. The third kappa shape index (κ3) is 2.61. The van der Waals surface area contributed by atoms with Crippen molar-refractivity contribution in [3.05, 3.63) is 28.8 Å². The molecule has 2 atom stereocenters. The van der Waals surface area contributed by atoms with Gasteiger partial charge in [0.25, 0.3) is 0 Å². The zero-order valence-electron chi connectivity index (χ0n) is 9.90. The first-order chi connectivity index (χ1) is 8.11. The van der Waals surface area contributed by atoms with Gasteiger partial charge < -0.3 is 9.47 Å². The second kappa shape index (κ2) is 5.07. The van der Waals surface area contributed by atoms with E-state index in [1.54, 1.807) is 18.2 Å². The Kier molecular flexibility index (Phi) is 3.69. The number of ether oxygens (including phenoxy) is 2. The molecule has 1 aromatic carbocycles. The van der Waals surface area contributed by atoms with Gasteiger partial charge in [0.1, 0.15) is 5.75 Å². The summed E-state index contributed by atoms with van der Waals surface area (Å²) in [6, 6.07) is 5.11. The van der Waals surface area contributed by atoms with Crippen LogP contribution in [0.5, 0.6) is 5.75 Å². The van der Waals surface area contributed by atoms with Crippen LogP contribution in [0.4, 0.5) is 0 Å². The molecule has 1 aromatic rings. The van der Waals surface area contributed by atoms with Crippen molar-refractivity contribution in [1.82, 2.24) is 0 Å². The predicted molar refractivity (Wildman–Crippen MR) is 65.9 cm³/mol. The highest BCUT2D eigenvalue weighted by Gasteiger charge is 2.29. The summed E-state index contributed by atoms with van der Waals surface area (Å²) >= 11 is 5.92. The summed E-state index contributed by atoms with van der Waals surface area (Å²) in [5.74, 6) is 0.588. The van der Waals surface area contributed by atoms with E-state index < -0.39 is 0 Å². The first kappa shape index (κ1) is 12.4. The van der Waals surface area contributed by atoms with Crippen LogP contribution in [0.25, 0.3) is 0 Å². The molecule has 0 amide bonds. The molecule has 1 fully saturated rings. The highest BCUT2D eigenvalue weighted by molar-refractivity contribution is 6.32. The number of Topliss-reactive ketones (excluding diaryl/α,β-unsaturated/α-hetero) is 1. The lowest BCUT2D eigenvalue weighted by Gasteiger charge is -2.09. The van der Waals surface area contributed by atoms with Gasteiger partial charge >= 0.3 is 0 Å². The lowest BCUT2D eigenvalue weighted by Crippen LogP contribution is -2.14. The largest absolute Gasteiger partial charge is 0.495 e. The number of ketones is 1. The molecule has 0 aliphatic carbocycles. The van der Waals surface area contributed by atoms with E-state index in [0.717, 1.165) is 6.42 Å². The summed E-state index contributed by atoms with van der Waals surface area (Å²) in [6.07, 6.45) is 0.946. The van der Waals surface area contributed by atoms with Crippen molar-refractivity contribution >= 4 is 17.4 Å². The maximum absolute atomic E-state index is 12.2. The molecule has 0 radical (unpaired) electrons. The average molecular weight is 255 g/mol. The van der Waals surface area contributed by atoms with Crippen molar-refractivity contribution in [2.24, 2.45) is 5.92 Å². The zero-order chi connectivity index (χ0) is 12.4. The van der Waals surface area contributed by atoms with E-state index in [1.807, 2.05) is 6.92 Å². The molecule has 4 heteroatoms. The summed E-state index contributed by atoms with van der Waals surface area (Å²) in [7, 11) is 1.54. The SMILES string of the molecule is COc1cc(C(=O)C2COC(C)C2)ccc1Cl. The van der Waals surface area contributed by atoms with Gasteiger partial charge in [0.05, 0.1) is 24.8 Å². The number of rotatable bonds is 3. The van der Waals surface area contributed by atoms with Gasteiger partial charge in [0, 0.05) is 11.5 Å². The van der Waals surface area contributed by atoms with Crippen LogP contribution in [0.15, 0.2) is 18.2 Å². The minimum absolute atomic E-state index is 0.0455. The molecule has 1 aliphatic heterocycles. The van der Waals surface area contributed by atoms with Crippen LogP contribution in [0.3, 0.4) is 0 Å². The van der Waals surface area contributed by atoms with Crippen LogP contribution in [0.2, 0.25) is 5.02 Å². The first-order valence-corrected chi connectivity index (χ1v) is 5.99. The molecule has 0 spiro atoms. The van der Waals surface area contributed by atoms with Gasteiger partial charge in [-0.1, -0.05) is 11.6 Å². The molecule has 1 heterocycles. The quantitative estimate of drug-likeness (QED) is 0.778. The molecule has 0 N–H and O–H groups in total. The molecular weight excluding hydrogens is 240 g/mol. The number of halogens is 1. The van der Waals surface area contributed by atoms with E-state index in [4.69, 9.17) is 21.1 Å². The molecular formula is C13H15ClO3. The fraction of sp³-hybridized carbons (Fsp3) is 0.462. The lowest BCUT2D eigenvalue weighted by molar-refractivity contribution is 0.0877. The van der Waals surface area contributed by atoms with Crippen molar-refractivity contribution in [1.29, 1.82) is 0 Å². The normalized spacial score (nSPS) is 23.7. The van der Waals surface area contributed by atoms with Crippen molar-refractivity contribution in [3.63, 3.8) is 0 Å².